The molecule has 6 heteroatoms. The van der Waals surface area contributed by atoms with Crippen LogP contribution in [0.5, 0.6) is 0 Å². The molecule has 0 bridgehead atoms. The summed E-state index contributed by atoms with van der Waals surface area (Å²) in [6.45, 7) is 5.97. The molecule has 1 aliphatic rings. The van der Waals surface area contributed by atoms with Crippen molar-refractivity contribution < 1.29 is 0 Å². The standard InChI is InChI=1S/C15H20ClN5/c1-3-12-19-13(16)10(2)15(20-12)21-8-4-5-11(9-21)14-17-6-7-18-14/h6-7,11H,3-5,8-9H2,1-2H3,(H,17,18). The van der Waals surface area contributed by atoms with Crippen LogP contribution in [0.4, 0.5) is 5.82 Å². The van der Waals surface area contributed by atoms with Gasteiger partial charge in [0, 0.05) is 43.4 Å². The molecule has 1 saturated heterocycles. The summed E-state index contributed by atoms with van der Waals surface area (Å²) >= 11 is 6.26. The minimum atomic E-state index is 0.423. The van der Waals surface area contributed by atoms with Crippen LogP contribution >= 0.6 is 11.6 Å². The molecule has 2 aromatic rings. The Kier molecular flexibility index (Phi) is 4.10. The molecule has 1 aliphatic heterocycles. The topological polar surface area (TPSA) is 57.7 Å². The van der Waals surface area contributed by atoms with Gasteiger partial charge in [0.1, 0.15) is 22.6 Å². The van der Waals surface area contributed by atoms with E-state index in [-0.39, 0.29) is 0 Å². The van der Waals surface area contributed by atoms with Crippen molar-refractivity contribution in [2.45, 2.75) is 39.0 Å². The van der Waals surface area contributed by atoms with Crippen LogP contribution in [0.2, 0.25) is 5.15 Å². The number of nitrogens with zero attached hydrogens (tertiary/aromatic N) is 4. The van der Waals surface area contributed by atoms with Crippen molar-refractivity contribution in [3.63, 3.8) is 0 Å². The maximum Gasteiger partial charge on any atom is 0.137 e. The van der Waals surface area contributed by atoms with Crippen molar-refractivity contribution in [1.82, 2.24) is 19.9 Å². The van der Waals surface area contributed by atoms with Gasteiger partial charge >= 0.3 is 0 Å². The van der Waals surface area contributed by atoms with E-state index < -0.39 is 0 Å². The van der Waals surface area contributed by atoms with Gasteiger partial charge in [-0.05, 0) is 19.8 Å². The Bertz CT molecular complexity index is 611. The molecule has 1 unspecified atom stereocenters. The summed E-state index contributed by atoms with van der Waals surface area (Å²) < 4.78 is 0. The second-order valence-electron chi connectivity index (χ2n) is 5.49. The smallest absolute Gasteiger partial charge is 0.137 e. The average Bonchev–Trinajstić information content (AvgIpc) is 3.04. The SMILES string of the molecule is CCc1nc(Cl)c(C)c(N2CCCC(c3ncc[nH]3)C2)n1. The summed E-state index contributed by atoms with van der Waals surface area (Å²) in [6.07, 6.45) is 6.78. The van der Waals surface area contributed by atoms with Crippen LogP contribution in [0.1, 0.15) is 42.9 Å². The van der Waals surface area contributed by atoms with Crippen LogP contribution < -0.4 is 4.90 Å². The molecule has 0 aromatic carbocycles. The fourth-order valence-electron chi connectivity index (χ4n) is 2.88. The van der Waals surface area contributed by atoms with E-state index in [1.165, 1.54) is 0 Å². The number of aromatic nitrogens is 4. The molecule has 3 heterocycles. The first-order valence-corrected chi connectivity index (χ1v) is 7.84. The first kappa shape index (κ1) is 14.3. The Morgan fingerprint density at radius 2 is 2.29 bits per heavy atom. The summed E-state index contributed by atoms with van der Waals surface area (Å²) in [5.74, 6) is 3.27. The quantitative estimate of drug-likeness (QED) is 0.885. The van der Waals surface area contributed by atoms with Crippen molar-refractivity contribution in [3.8, 4) is 0 Å². The number of anilines is 1. The molecule has 5 nitrogen and oxygen atoms in total. The average molecular weight is 306 g/mol. The third-order valence-corrected chi connectivity index (χ3v) is 4.42. The minimum absolute atomic E-state index is 0.423. The number of halogens is 1. The first-order valence-electron chi connectivity index (χ1n) is 7.46. The molecule has 0 radical (unpaired) electrons. The van der Waals surface area contributed by atoms with Gasteiger partial charge in [-0.2, -0.15) is 0 Å². The van der Waals surface area contributed by atoms with Gasteiger partial charge in [0.2, 0.25) is 0 Å². The second kappa shape index (κ2) is 6.02. The number of hydrogen-bond acceptors (Lipinski definition) is 4. The molecule has 1 N–H and O–H groups in total. The molecule has 1 atom stereocenters. The fraction of sp³-hybridized carbons (Fsp3) is 0.533. The summed E-state index contributed by atoms with van der Waals surface area (Å²) in [7, 11) is 0. The van der Waals surface area contributed by atoms with E-state index >= 15 is 0 Å². The van der Waals surface area contributed by atoms with Crippen LogP contribution in [0.15, 0.2) is 12.4 Å². The molecule has 21 heavy (non-hydrogen) atoms. The molecule has 0 aliphatic carbocycles. The first-order chi connectivity index (χ1) is 10.2. The molecule has 112 valence electrons. The van der Waals surface area contributed by atoms with Crippen LogP contribution in [0.25, 0.3) is 0 Å². The molecule has 0 saturated carbocycles. The highest BCUT2D eigenvalue weighted by Gasteiger charge is 2.25. The van der Waals surface area contributed by atoms with E-state index in [2.05, 4.69) is 19.9 Å². The van der Waals surface area contributed by atoms with Gasteiger partial charge in [-0.3, -0.25) is 0 Å². The Morgan fingerprint density at radius 3 is 3.00 bits per heavy atom. The van der Waals surface area contributed by atoms with Gasteiger partial charge in [-0.25, -0.2) is 15.0 Å². The normalized spacial score (nSPS) is 19.0. The van der Waals surface area contributed by atoms with Crippen LogP contribution in [-0.2, 0) is 6.42 Å². The lowest BCUT2D eigenvalue weighted by Gasteiger charge is -2.33. The zero-order chi connectivity index (χ0) is 14.8. The number of piperidine rings is 1. The van der Waals surface area contributed by atoms with Gasteiger partial charge in [-0.1, -0.05) is 18.5 Å². The second-order valence-corrected chi connectivity index (χ2v) is 5.85. The van der Waals surface area contributed by atoms with Crippen LogP contribution in [0.3, 0.4) is 0 Å². The zero-order valence-electron chi connectivity index (χ0n) is 12.4. The van der Waals surface area contributed by atoms with Gasteiger partial charge in [0.05, 0.1) is 0 Å². The fourth-order valence-corrected chi connectivity index (χ4v) is 3.06. The van der Waals surface area contributed by atoms with Gasteiger partial charge in [-0.15, -0.1) is 0 Å². The Hall–Kier alpha value is -1.62. The maximum atomic E-state index is 6.26. The lowest BCUT2D eigenvalue weighted by atomic mass is 9.97. The highest BCUT2D eigenvalue weighted by atomic mass is 35.5. The molecule has 0 spiro atoms. The Labute approximate surface area is 129 Å². The third-order valence-electron chi connectivity index (χ3n) is 4.05. The van der Waals surface area contributed by atoms with Crippen molar-refractivity contribution in [2.24, 2.45) is 0 Å². The largest absolute Gasteiger partial charge is 0.356 e. The van der Waals surface area contributed by atoms with Crippen LogP contribution in [-0.4, -0.2) is 33.0 Å². The molecule has 0 amide bonds. The number of aromatic amines is 1. The molecule has 1 fully saturated rings. The van der Waals surface area contributed by atoms with Crippen molar-refractivity contribution in [2.75, 3.05) is 18.0 Å². The summed E-state index contributed by atoms with van der Waals surface area (Å²) in [5, 5.41) is 0.567. The number of aryl methyl sites for hydroxylation is 1. The monoisotopic (exact) mass is 305 g/mol. The van der Waals surface area contributed by atoms with Gasteiger partial charge < -0.3 is 9.88 Å². The number of imidazole rings is 1. The molecule has 2 aromatic heterocycles. The van der Waals surface area contributed by atoms with E-state index in [1.807, 2.05) is 26.2 Å². The highest BCUT2D eigenvalue weighted by Crippen LogP contribution is 2.30. The predicted molar refractivity (Wildman–Crippen MR) is 83.9 cm³/mol. The lowest BCUT2D eigenvalue weighted by molar-refractivity contribution is 0.490. The minimum Gasteiger partial charge on any atom is -0.356 e. The number of H-pyrrole nitrogens is 1. The zero-order valence-corrected chi connectivity index (χ0v) is 13.2. The predicted octanol–water partition coefficient (Wildman–Crippen LogP) is 3.11. The summed E-state index contributed by atoms with van der Waals surface area (Å²) in [4.78, 5) is 19.0. The molecular formula is C15H20ClN5. The van der Waals surface area contributed by atoms with E-state index in [0.29, 0.717) is 11.1 Å². The summed E-state index contributed by atoms with van der Waals surface area (Å²) in [6, 6.07) is 0. The molecular weight excluding hydrogens is 286 g/mol. The Morgan fingerprint density at radius 1 is 1.43 bits per heavy atom. The third kappa shape index (κ3) is 2.88. The van der Waals surface area contributed by atoms with E-state index in [4.69, 9.17) is 16.6 Å². The van der Waals surface area contributed by atoms with Gasteiger partial charge in [0.25, 0.3) is 0 Å². The Balaban J connectivity index is 1.88. The van der Waals surface area contributed by atoms with E-state index in [1.54, 1.807) is 0 Å². The van der Waals surface area contributed by atoms with Crippen molar-refractivity contribution in [1.29, 1.82) is 0 Å². The van der Waals surface area contributed by atoms with Gasteiger partial charge in [0.15, 0.2) is 0 Å². The number of rotatable bonds is 3. The van der Waals surface area contributed by atoms with Crippen molar-refractivity contribution >= 4 is 17.4 Å². The van der Waals surface area contributed by atoms with Crippen molar-refractivity contribution in [3.05, 3.63) is 34.8 Å². The summed E-state index contributed by atoms with van der Waals surface area (Å²) in [5.41, 5.74) is 0.967. The van der Waals surface area contributed by atoms with Crippen LogP contribution in [0, 0.1) is 6.92 Å². The van der Waals surface area contributed by atoms with E-state index in [0.717, 1.165) is 55.4 Å². The maximum absolute atomic E-state index is 6.26. The number of hydrogen-bond donors (Lipinski definition) is 1. The molecule has 3 rings (SSSR count). The number of nitrogens with one attached hydrogen (secondary N) is 1. The van der Waals surface area contributed by atoms with E-state index in [9.17, 15) is 0 Å². The highest BCUT2D eigenvalue weighted by molar-refractivity contribution is 6.30. The lowest BCUT2D eigenvalue weighted by Crippen LogP contribution is -2.36.